The molecular formula is C37H52O6S6. The van der Waals surface area contributed by atoms with Crippen molar-refractivity contribution in [1.82, 2.24) is 0 Å². The van der Waals surface area contributed by atoms with Crippen LogP contribution in [0.2, 0.25) is 0 Å². The zero-order valence-corrected chi connectivity index (χ0v) is 34.3. The number of benzene rings is 2. The third-order valence-corrected chi connectivity index (χ3v) is 13.7. The number of esters is 2. The molecule has 0 amide bonds. The van der Waals surface area contributed by atoms with Gasteiger partial charge in [-0.05, 0) is 54.8 Å². The highest BCUT2D eigenvalue weighted by Gasteiger charge is 2.30. The molecule has 6 nitrogen and oxygen atoms in total. The number of carbonyl (C=O) groups is 2. The van der Waals surface area contributed by atoms with Gasteiger partial charge in [0.25, 0.3) is 0 Å². The van der Waals surface area contributed by atoms with E-state index in [9.17, 15) is 9.59 Å². The lowest BCUT2D eigenvalue weighted by Crippen LogP contribution is -2.35. The molecule has 2 atom stereocenters. The molecule has 0 saturated heterocycles. The molecule has 0 heterocycles. The van der Waals surface area contributed by atoms with Gasteiger partial charge in [-0.3, -0.25) is 0 Å². The van der Waals surface area contributed by atoms with E-state index in [0.717, 1.165) is 57.1 Å². The van der Waals surface area contributed by atoms with Gasteiger partial charge in [0.1, 0.15) is 30.8 Å². The molecule has 0 aromatic heterocycles. The van der Waals surface area contributed by atoms with Gasteiger partial charge in [0.15, 0.2) is 4.93 Å². The fourth-order valence-electron chi connectivity index (χ4n) is 4.33. The molecule has 272 valence electrons. The quantitative estimate of drug-likeness (QED) is 0.0376. The molecule has 0 spiro atoms. The van der Waals surface area contributed by atoms with Crippen molar-refractivity contribution < 1.29 is 28.5 Å². The first-order chi connectivity index (χ1) is 23.6. The second-order valence-electron chi connectivity index (χ2n) is 11.4. The fraction of sp³-hybridized carbons (Fsp3) is 0.514. The first-order valence-corrected chi connectivity index (χ1v) is 23.3. The predicted octanol–water partition coefficient (Wildman–Crippen LogP) is 8.97. The standard InChI is InChI=1S/C37H52O6S6/c1-8-34(38)42-33(27-48-22-21-46-19-17-44-6)26-40-31-15-13-29(14-16-31)36(3,4)30-11-10-12-32(25-30)41-28-37(5,43-35(39)9-2)49-24-23-47-20-18-45-7/h8-16,25,33H,1-2,17-24,26-28H2,3-7H3. The topological polar surface area (TPSA) is 71.1 Å². The first-order valence-electron chi connectivity index (χ1n) is 16.1. The zero-order chi connectivity index (χ0) is 36.0. The van der Waals surface area contributed by atoms with Crippen molar-refractivity contribution in [1.29, 1.82) is 0 Å². The van der Waals surface area contributed by atoms with Gasteiger partial charge in [-0.1, -0.05) is 51.3 Å². The maximum Gasteiger partial charge on any atom is 0.331 e. The van der Waals surface area contributed by atoms with Crippen molar-refractivity contribution in [3.8, 4) is 11.5 Å². The van der Waals surface area contributed by atoms with Crippen LogP contribution in [0.15, 0.2) is 73.8 Å². The van der Waals surface area contributed by atoms with Gasteiger partial charge in [-0.2, -0.15) is 58.8 Å². The Balaban J connectivity index is 2.01. The van der Waals surface area contributed by atoms with E-state index in [2.05, 4.69) is 57.7 Å². The molecule has 0 radical (unpaired) electrons. The summed E-state index contributed by atoms with van der Waals surface area (Å²) in [6.07, 6.45) is 6.25. The van der Waals surface area contributed by atoms with E-state index < -0.39 is 16.9 Å². The Morgan fingerprint density at radius 1 is 0.735 bits per heavy atom. The lowest BCUT2D eigenvalue weighted by Gasteiger charge is -2.29. The molecule has 2 rings (SSSR count). The van der Waals surface area contributed by atoms with Gasteiger partial charge in [0.05, 0.1) is 0 Å². The highest BCUT2D eigenvalue weighted by atomic mass is 32.2. The van der Waals surface area contributed by atoms with E-state index in [1.54, 1.807) is 23.5 Å². The number of carbonyl (C=O) groups excluding carboxylic acids is 2. The van der Waals surface area contributed by atoms with Crippen LogP contribution in [0.3, 0.4) is 0 Å². The van der Waals surface area contributed by atoms with E-state index in [1.807, 2.05) is 84.3 Å². The van der Waals surface area contributed by atoms with Crippen LogP contribution < -0.4 is 9.47 Å². The fourth-order valence-corrected chi connectivity index (χ4v) is 10.1. The van der Waals surface area contributed by atoms with Crippen molar-refractivity contribution in [3.05, 3.63) is 85.0 Å². The smallest absolute Gasteiger partial charge is 0.331 e. The lowest BCUT2D eigenvalue weighted by atomic mass is 9.78. The summed E-state index contributed by atoms with van der Waals surface area (Å²) in [5, 5.41) is 0. The molecule has 0 bridgehead atoms. The van der Waals surface area contributed by atoms with Gasteiger partial charge in [-0.15, -0.1) is 11.8 Å². The Hall–Kier alpha value is -1.44. The van der Waals surface area contributed by atoms with E-state index in [4.69, 9.17) is 18.9 Å². The molecule has 12 heteroatoms. The molecule has 0 saturated carbocycles. The van der Waals surface area contributed by atoms with Crippen molar-refractivity contribution >= 4 is 82.5 Å². The van der Waals surface area contributed by atoms with Gasteiger partial charge in [0, 0.05) is 69.3 Å². The van der Waals surface area contributed by atoms with Crippen molar-refractivity contribution in [2.45, 2.75) is 37.2 Å². The van der Waals surface area contributed by atoms with Crippen LogP contribution in [0.1, 0.15) is 31.9 Å². The summed E-state index contributed by atoms with van der Waals surface area (Å²) in [4.78, 5) is 23.2. The molecule has 2 aromatic rings. The summed E-state index contributed by atoms with van der Waals surface area (Å²) in [5.41, 5.74) is 1.87. The normalized spacial score (nSPS) is 13.2. The number of thioether (sulfide) groups is 6. The van der Waals surface area contributed by atoms with Crippen molar-refractivity contribution in [3.63, 3.8) is 0 Å². The van der Waals surface area contributed by atoms with Crippen LogP contribution in [0.25, 0.3) is 0 Å². The minimum Gasteiger partial charge on any atom is -0.490 e. The molecule has 0 N–H and O–H groups in total. The second-order valence-corrected chi connectivity index (χ2v) is 18.6. The third kappa shape index (κ3) is 17.6. The average molecular weight is 785 g/mol. The Labute approximate surface area is 320 Å². The first kappa shape index (κ1) is 43.7. The van der Waals surface area contributed by atoms with Crippen LogP contribution in [-0.2, 0) is 24.5 Å². The van der Waals surface area contributed by atoms with Crippen molar-refractivity contribution in [2.75, 3.05) is 77.5 Å². The van der Waals surface area contributed by atoms with Crippen LogP contribution in [0.4, 0.5) is 0 Å². The zero-order valence-electron chi connectivity index (χ0n) is 29.4. The lowest BCUT2D eigenvalue weighted by molar-refractivity contribution is -0.146. The maximum absolute atomic E-state index is 12.1. The molecule has 0 aliphatic carbocycles. The largest absolute Gasteiger partial charge is 0.490 e. The van der Waals surface area contributed by atoms with Crippen LogP contribution in [0.5, 0.6) is 11.5 Å². The predicted molar refractivity (Wildman–Crippen MR) is 222 cm³/mol. The number of rotatable bonds is 27. The molecule has 2 unspecified atom stereocenters. The minimum absolute atomic E-state index is 0.210. The number of ether oxygens (including phenoxy) is 4. The Morgan fingerprint density at radius 2 is 1.35 bits per heavy atom. The molecule has 49 heavy (non-hydrogen) atoms. The highest BCUT2D eigenvalue weighted by molar-refractivity contribution is 8.05. The summed E-state index contributed by atoms with van der Waals surface area (Å²) in [5.74, 6) is 9.60. The van der Waals surface area contributed by atoms with Gasteiger partial charge in [-0.25, -0.2) is 9.59 Å². The Morgan fingerprint density at radius 3 is 1.98 bits per heavy atom. The Bertz CT molecular complexity index is 1270. The summed E-state index contributed by atoms with van der Waals surface area (Å²) in [7, 11) is 0. The van der Waals surface area contributed by atoms with Gasteiger partial charge < -0.3 is 18.9 Å². The van der Waals surface area contributed by atoms with E-state index in [1.165, 1.54) is 12.2 Å². The number of hydrogen-bond donors (Lipinski definition) is 0. The average Bonchev–Trinajstić information content (AvgIpc) is 3.10. The van der Waals surface area contributed by atoms with Crippen LogP contribution >= 0.6 is 70.6 Å². The van der Waals surface area contributed by atoms with E-state index >= 15 is 0 Å². The monoisotopic (exact) mass is 784 g/mol. The molecule has 2 aromatic carbocycles. The second kappa shape index (κ2) is 24.7. The maximum atomic E-state index is 12.1. The molecular weight excluding hydrogens is 733 g/mol. The molecule has 0 fully saturated rings. The van der Waals surface area contributed by atoms with E-state index in [-0.39, 0.29) is 24.7 Å². The summed E-state index contributed by atoms with van der Waals surface area (Å²) in [6, 6.07) is 16.1. The number of hydrogen-bond acceptors (Lipinski definition) is 12. The SMILES string of the molecule is C=CC(=O)OC(COc1ccc(C(C)(C)c2cccc(OCC(C)(OC(=O)C=C)SCCSCCSC)c2)cc1)CSCCSCCSC. The van der Waals surface area contributed by atoms with Crippen LogP contribution in [-0.4, -0.2) is 100 Å². The molecule has 0 aliphatic rings. The van der Waals surface area contributed by atoms with E-state index in [0.29, 0.717) is 17.3 Å². The van der Waals surface area contributed by atoms with Crippen molar-refractivity contribution in [2.24, 2.45) is 0 Å². The summed E-state index contributed by atoms with van der Waals surface area (Å²) in [6.45, 7) is 13.8. The van der Waals surface area contributed by atoms with Gasteiger partial charge >= 0.3 is 11.9 Å². The Kier molecular flexibility index (Phi) is 22.0. The molecule has 0 aliphatic heterocycles. The third-order valence-electron chi connectivity index (χ3n) is 7.18. The van der Waals surface area contributed by atoms with Crippen LogP contribution in [0, 0.1) is 0 Å². The summed E-state index contributed by atoms with van der Waals surface area (Å²) >= 11 is 10.9. The summed E-state index contributed by atoms with van der Waals surface area (Å²) < 4.78 is 23.6. The minimum atomic E-state index is -0.846. The van der Waals surface area contributed by atoms with Gasteiger partial charge in [0.2, 0.25) is 0 Å². The highest BCUT2D eigenvalue weighted by Crippen LogP contribution is 2.35.